The van der Waals surface area contributed by atoms with Crippen molar-refractivity contribution in [1.29, 1.82) is 0 Å². The van der Waals surface area contributed by atoms with Gasteiger partial charge in [0.05, 0.1) is 7.85 Å². The monoisotopic (exact) mass is 150 g/mol. The predicted molar refractivity (Wildman–Crippen MR) is 35.1 cm³/mol. The molecule has 0 spiro atoms. The molecule has 0 bridgehead atoms. The zero-order valence-corrected chi connectivity index (χ0v) is 5.91. The second kappa shape index (κ2) is 3.89. The van der Waals surface area contributed by atoms with Gasteiger partial charge in [0, 0.05) is 5.82 Å². The summed E-state index contributed by atoms with van der Waals surface area (Å²) in [4.78, 5) is 0. The van der Waals surface area contributed by atoms with Crippen LogP contribution in [0.3, 0.4) is 0 Å². The van der Waals surface area contributed by atoms with Crippen LogP contribution >= 0.6 is 0 Å². The van der Waals surface area contributed by atoms with Gasteiger partial charge in [0.15, 0.2) is 0 Å². The Labute approximate surface area is 60.2 Å². The highest BCUT2D eigenvalue weighted by Crippen LogP contribution is 2.32. The first-order chi connectivity index (χ1) is 4.48. The number of unbranched alkanes of at least 4 members (excludes halogenated alkanes) is 1. The van der Waals surface area contributed by atoms with Gasteiger partial charge < -0.3 is 0 Å². The average molecular weight is 150 g/mol. The largest absolute Gasteiger partial charge is 0.384 e. The van der Waals surface area contributed by atoms with Crippen molar-refractivity contribution >= 4 is 7.85 Å². The summed E-state index contributed by atoms with van der Waals surface area (Å²) in [6, 6.07) is 0. The molecule has 0 fully saturated rings. The molecule has 0 heterocycles. The number of hydrogen-bond acceptors (Lipinski definition) is 0. The molecular weight excluding hydrogens is 140 g/mol. The molecule has 0 N–H and O–H groups in total. The van der Waals surface area contributed by atoms with E-state index < -0.39 is 12.0 Å². The summed E-state index contributed by atoms with van der Waals surface area (Å²) in [6.07, 6.45) is -2.88. The first kappa shape index (κ1) is 9.85. The van der Waals surface area contributed by atoms with Gasteiger partial charge >= 0.3 is 6.18 Å². The molecule has 2 radical (unpaired) electrons. The number of halogens is 3. The Morgan fingerprint density at radius 3 is 2.20 bits per heavy atom. The standard InChI is InChI=1S/C6H10BF3/c1-2-3-4-5(7)6(8,9)10/h5H,2-4H2,1H3. The Morgan fingerprint density at radius 2 is 1.90 bits per heavy atom. The zero-order valence-electron chi connectivity index (χ0n) is 5.91. The molecule has 4 heteroatoms. The van der Waals surface area contributed by atoms with E-state index in [1.807, 2.05) is 6.92 Å². The highest BCUT2D eigenvalue weighted by atomic mass is 19.4. The SMILES string of the molecule is [B]C(CCCC)C(F)(F)F. The van der Waals surface area contributed by atoms with Crippen molar-refractivity contribution in [3.8, 4) is 0 Å². The van der Waals surface area contributed by atoms with Crippen LogP contribution in [0.15, 0.2) is 0 Å². The van der Waals surface area contributed by atoms with Crippen LogP contribution in [0.1, 0.15) is 26.2 Å². The van der Waals surface area contributed by atoms with Gasteiger partial charge in [-0.3, -0.25) is 0 Å². The molecule has 0 aromatic carbocycles. The van der Waals surface area contributed by atoms with Crippen molar-refractivity contribution in [2.24, 2.45) is 0 Å². The molecular formula is C6H10BF3. The summed E-state index contributed by atoms with van der Waals surface area (Å²) in [7, 11) is 4.81. The van der Waals surface area contributed by atoms with Crippen molar-refractivity contribution in [2.45, 2.75) is 38.2 Å². The topological polar surface area (TPSA) is 0 Å². The van der Waals surface area contributed by atoms with E-state index in [1.54, 1.807) is 0 Å². The molecule has 0 aromatic rings. The van der Waals surface area contributed by atoms with Crippen molar-refractivity contribution in [2.75, 3.05) is 0 Å². The summed E-state index contributed by atoms with van der Waals surface area (Å²) in [6.45, 7) is 1.84. The van der Waals surface area contributed by atoms with E-state index in [0.717, 1.165) is 6.42 Å². The first-order valence-corrected chi connectivity index (χ1v) is 3.30. The van der Waals surface area contributed by atoms with E-state index >= 15 is 0 Å². The van der Waals surface area contributed by atoms with Gasteiger partial charge in [-0.15, -0.1) is 0 Å². The van der Waals surface area contributed by atoms with Crippen molar-refractivity contribution in [1.82, 2.24) is 0 Å². The summed E-state index contributed by atoms with van der Waals surface area (Å²) in [5.41, 5.74) is 0. The molecule has 1 unspecified atom stereocenters. The van der Waals surface area contributed by atoms with E-state index in [4.69, 9.17) is 7.85 Å². The van der Waals surface area contributed by atoms with Crippen LogP contribution in [0.4, 0.5) is 13.2 Å². The van der Waals surface area contributed by atoms with Crippen LogP contribution in [-0.4, -0.2) is 14.0 Å². The second-order valence-electron chi connectivity index (χ2n) is 2.29. The molecule has 0 aliphatic carbocycles. The summed E-state index contributed by atoms with van der Waals surface area (Å²) < 4.78 is 34.9. The third-order valence-corrected chi connectivity index (χ3v) is 1.29. The maximum Gasteiger partial charge on any atom is 0.384 e. The van der Waals surface area contributed by atoms with E-state index in [0.29, 0.717) is 6.42 Å². The van der Waals surface area contributed by atoms with Crippen LogP contribution in [0.25, 0.3) is 0 Å². The van der Waals surface area contributed by atoms with Gasteiger partial charge in [0.1, 0.15) is 0 Å². The highest BCUT2D eigenvalue weighted by molar-refractivity contribution is 6.12. The molecule has 0 nitrogen and oxygen atoms in total. The molecule has 10 heavy (non-hydrogen) atoms. The number of hydrogen-bond donors (Lipinski definition) is 0. The molecule has 1 atom stereocenters. The Bertz CT molecular complexity index is 89.5. The third-order valence-electron chi connectivity index (χ3n) is 1.29. The second-order valence-corrected chi connectivity index (χ2v) is 2.29. The van der Waals surface area contributed by atoms with Gasteiger partial charge in [0.2, 0.25) is 0 Å². The van der Waals surface area contributed by atoms with Gasteiger partial charge in [-0.05, 0) is 6.42 Å². The zero-order chi connectivity index (χ0) is 8.20. The lowest BCUT2D eigenvalue weighted by atomic mass is 9.82. The smallest absolute Gasteiger partial charge is 0.172 e. The van der Waals surface area contributed by atoms with Crippen molar-refractivity contribution in [3.05, 3.63) is 0 Å². The lowest BCUT2D eigenvalue weighted by molar-refractivity contribution is -0.134. The quantitative estimate of drug-likeness (QED) is 0.542. The first-order valence-electron chi connectivity index (χ1n) is 3.30. The van der Waals surface area contributed by atoms with E-state index in [-0.39, 0.29) is 6.42 Å². The summed E-state index contributed by atoms with van der Waals surface area (Å²) >= 11 is 0. The van der Waals surface area contributed by atoms with E-state index in [1.165, 1.54) is 0 Å². The molecule has 0 saturated heterocycles. The molecule has 0 amide bonds. The van der Waals surface area contributed by atoms with Crippen molar-refractivity contribution < 1.29 is 13.2 Å². The van der Waals surface area contributed by atoms with Crippen LogP contribution in [0, 0.1) is 0 Å². The molecule has 0 aromatic heterocycles. The van der Waals surface area contributed by atoms with Crippen LogP contribution < -0.4 is 0 Å². The Morgan fingerprint density at radius 1 is 1.40 bits per heavy atom. The van der Waals surface area contributed by atoms with Gasteiger partial charge in [-0.2, -0.15) is 13.2 Å². The Hall–Kier alpha value is -0.145. The molecule has 0 saturated carbocycles. The summed E-state index contributed by atoms with van der Waals surface area (Å²) in [5, 5.41) is 0. The molecule has 0 aliphatic heterocycles. The predicted octanol–water partition coefficient (Wildman–Crippen LogP) is 2.70. The van der Waals surface area contributed by atoms with Crippen molar-refractivity contribution in [3.63, 3.8) is 0 Å². The minimum Gasteiger partial charge on any atom is -0.172 e. The maximum atomic E-state index is 11.6. The minimum atomic E-state index is -4.21. The third kappa shape index (κ3) is 3.80. The van der Waals surface area contributed by atoms with Gasteiger partial charge in [-0.1, -0.05) is 19.8 Å². The van der Waals surface area contributed by atoms with Crippen LogP contribution in [0.5, 0.6) is 0 Å². The van der Waals surface area contributed by atoms with Gasteiger partial charge in [0.25, 0.3) is 0 Å². The highest BCUT2D eigenvalue weighted by Gasteiger charge is 2.34. The molecule has 58 valence electrons. The Kier molecular flexibility index (Phi) is 3.83. The summed E-state index contributed by atoms with van der Waals surface area (Å²) in [5.74, 6) is -1.63. The van der Waals surface area contributed by atoms with Crippen LogP contribution in [0.2, 0.25) is 5.82 Å². The fourth-order valence-electron chi connectivity index (χ4n) is 0.588. The molecule has 0 aliphatic rings. The lowest BCUT2D eigenvalue weighted by Gasteiger charge is -2.14. The van der Waals surface area contributed by atoms with E-state index in [9.17, 15) is 13.2 Å². The minimum absolute atomic E-state index is 0.0417. The molecule has 0 rings (SSSR count). The van der Waals surface area contributed by atoms with Crippen LogP contribution in [-0.2, 0) is 0 Å². The maximum absolute atomic E-state index is 11.6. The van der Waals surface area contributed by atoms with Gasteiger partial charge in [-0.25, -0.2) is 0 Å². The number of rotatable bonds is 3. The average Bonchev–Trinajstić information content (AvgIpc) is 1.80. The normalized spacial score (nSPS) is 15.2. The lowest BCUT2D eigenvalue weighted by Crippen LogP contribution is -2.16. The number of alkyl halides is 3. The fraction of sp³-hybridized carbons (Fsp3) is 1.00. The fourth-order valence-corrected chi connectivity index (χ4v) is 0.588. The van der Waals surface area contributed by atoms with E-state index in [2.05, 4.69) is 0 Å². The Balaban J connectivity index is 3.52.